The number of carbonyl (C=O) groups excluding carboxylic acids is 1. The maximum Gasteiger partial charge on any atom is 0.332 e. The summed E-state index contributed by atoms with van der Waals surface area (Å²) in [5, 5.41) is 0.438. The fraction of sp³-hybridized carbons (Fsp3) is 0.375. The van der Waals surface area contributed by atoms with Crippen molar-refractivity contribution in [1.29, 1.82) is 0 Å². The zero-order chi connectivity index (χ0) is 22.0. The minimum Gasteiger partial charge on any atom is -0.338 e. The Morgan fingerprint density at radius 1 is 0.935 bits per heavy atom. The Balaban J connectivity index is 1.77. The van der Waals surface area contributed by atoms with E-state index in [0.29, 0.717) is 24.0 Å². The third kappa shape index (κ3) is 4.05. The van der Waals surface area contributed by atoms with Crippen LogP contribution in [0.4, 0.5) is 0 Å². The van der Waals surface area contributed by atoms with E-state index in [9.17, 15) is 14.4 Å². The van der Waals surface area contributed by atoms with E-state index in [1.807, 2.05) is 35.2 Å². The average Bonchev–Trinajstić information content (AvgIpc) is 2.82. The molecule has 0 bridgehead atoms. The van der Waals surface area contributed by atoms with Gasteiger partial charge in [0.15, 0.2) is 0 Å². The second-order valence-electron chi connectivity index (χ2n) is 7.98. The number of benzene rings is 2. The lowest BCUT2D eigenvalue weighted by Gasteiger charge is -2.35. The van der Waals surface area contributed by atoms with Crippen LogP contribution in [-0.4, -0.2) is 57.6 Å². The van der Waals surface area contributed by atoms with Crippen molar-refractivity contribution in [2.75, 3.05) is 32.7 Å². The van der Waals surface area contributed by atoms with Gasteiger partial charge in [0.1, 0.15) is 6.04 Å². The summed E-state index contributed by atoms with van der Waals surface area (Å²) in [6, 6.07) is 15.7. The topological polar surface area (TPSA) is 67.5 Å². The molecule has 0 aliphatic carbocycles. The van der Waals surface area contributed by atoms with Crippen molar-refractivity contribution >= 4 is 16.8 Å². The van der Waals surface area contributed by atoms with E-state index in [-0.39, 0.29) is 18.0 Å². The highest BCUT2D eigenvalue weighted by Gasteiger charge is 2.28. The second kappa shape index (κ2) is 8.89. The second-order valence-corrected chi connectivity index (χ2v) is 7.98. The number of fused-ring (bicyclic) bond motifs is 1. The minimum atomic E-state index is -0.701. The standard InChI is InChI=1S/C24H28N4O3/c1-3-25-13-15-26(16-14-25)22(29)18(2)28-21-12-8-7-11-20(21)23(30)27(24(28)31)17-19-9-5-4-6-10-19/h4-12,18H,3,13-17H2,1-2H3. The minimum absolute atomic E-state index is 0.0899. The Kier molecular flexibility index (Phi) is 6.04. The molecular formula is C24H28N4O3. The van der Waals surface area contributed by atoms with Crippen LogP contribution in [0.15, 0.2) is 64.2 Å². The van der Waals surface area contributed by atoms with Crippen molar-refractivity contribution < 1.29 is 4.79 Å². The molecule has 162 valence electrons. The van der Waals surface area contributed by atoms with Crippen molar-refractivity contribution in [3.05, 3.63) is 81.0 Å². The number of hydrogen-bond acceptors (Lipinski definition) is 4. The molecule has 0 radical (unpaired) electrons. The van der Waals surface area contributed by atoms with Crippen LogP contribution in [0.5, 0.6) is 0 Å². The van der Waals surface area contributed by atoms with Crippen molar-refractivity contribution in [3.63, 3.8) is 0 Å². The number of hydrogen-bond donors (Lipinski definition) is 0. The number of amides is 1. The fourth-order valence-electron chi connectivity index (χ4n) is 4.27. The molecule has 31 heavy (non-hydrogen) atoms. The number of carbonyl (C=O) groups is 1. The highest BCUT2D eigenvalue weighted by atomic mass is 16.2. The molecule has 0 saturated carbocycles. The molecule has 1 aliphatic rings. The molecule has 2 aromatic carbocycles. The number of rotatable bonds is 5. The van der Waals surface area contributed by atoms with Gasteiger partial charge in [0.05, 0.1) is 17.4 Å². The lowest BCUT2D eigenvalue weighted by Crippen LogP contribution is -2.51. The van der Waals surface area contributed by atoms with E-state index in [1.54, 1.807) is 31.2 Å². The summed E-state index contributed by atoms with van der Waals surface area (Å²) < 4.78 is 2.71. The normalized spacial score (nSPS) is 15.9. The van der Waals surface area contributed by atoms with E-state index in [0.717, 1.165) is 25.2 Å². The van der Waals surface area contributed by atoms with E-state index >= 15 is 0 Å². The summed E-state index contributed by atoms with van der Waals surface area (Å²) in [6.45, 7) is 7.95. The van der Waals surface area contributed by atoms with Gasteiger partial charge >= 0.3 is 5.69 Å². The Hall–Kier alpha value is -3.19. The summed E-state index contributed by atoms with van der Waals surface area (Å²) in [6.07, 6.45) is 0. The highest BCUT2D eigenvalue weighted by Crippen LogP contribution is 2.17. The van der Waals surface area contributed by atoms with Crippen molar-refractivity contribution in [2.24, 2.45) is 0 Å². The zero-order valence-corrected chi connectivity index (χ0v) is 18.0. The van der Waals surface area contributed by atoms with E-state index in [1.165, 1.54) is 9.13 Å². The maximum absolute atomic E-state index is 13.5. The molecule has 1 saturated heterocycles. The van der Waals surface area contributed by atoms with Gasteiger partial charge in [0, 0.05) is 26.2 Å². The average molecular weight is 421 g/mol. The van der Waals surface area contributed by atoms with Gasteiger partial charge in [-0.1, -0.05) is 49.4 Å². The van der Waals surface area contributed by atoms with Gasteiger partial charge < -0.3 is 9.80 Å². The van der Waals surface area contributed by atoms with Crippen molar-refractivity contribution in [3.8, 4) is 0 Å². The first-order valence-electron chi connectivity index (χ1n) is 10.8. The number of aromatic nitrogens is 2. The molecule has 1 amide bonds. The van der Waals surface area contributed by atoms with Crippen LogP contribution in [0.1, 0.15) is 25.5 Å². The number of piperazine rings is 1. The van der Waals surface area contributed by atoms with Crippen LogP contribution in [0.2, 0.25) is 0 Å². The monoisotopic (exact) mass is 420 g/mol. The van der Waals surface area contributed by atoms with E-state index < -0.39 is 11.7 Å². The Labute approximate surface area is 181 Å². The third-order valence-corrected chi connectivity index (χ3v) is 6.14. The molecule has 7 nitrogen and oxygen atoms in total. The summed E-state index contributed by atoms with van der Waals surface area (Å²) in [7, 11) is 0. The Bertz CT molecular complexity index is 1190. The molecule has 1 fully saturated rings. The zero-order valence-electron chi connectivity index (χ0n) is 18.0. The summed E-state index contributed by atoms with van der Waals surface area (Å²) in [5.41, 5.74) is 0.561. The molecule has 7 heteroatoms. The first kappa shape index (κ1) is 21.1. The molecule has 1 aliphatic heterocycles. The third-order valence-electron chi connectivity index (χ3n) is 6.14. The smallest absolute Gasteiger partial charge is 0.332 e. The van der Waals surface area contributed by atoms with Crippen LogP contribution in [-0.2, 0) is 11.3 Å². The molecule has 0 N–H and O–H groups in total. The van der Waals surface area contributed by atoms with Gasteiger partial charge in [-0.2, -0.15) is 0 Å². The van der Waals surface area contributed by atoms with E-state index in [2.05, 4.69) is 11.8 Å². The highest BCUT2D eigenvalue weighted by molar-refractivity contribution is 5.84. The maximum atomic E-state index is 13.5. The molecule has 2 heterocycles. The number of para-hydroxylation sites is 1. The number of nitrogens with zero attached hydrogens (tertiary/aromatic N) is 4. The SMILES string of the molecule is CCN1CCN(C(=O)C(C)n2c(=O)n(Cc3ccccc3)c(=O)c3ccccc32)CC1. The first-order chi connectivity index (χ1) is 15.0. The predicted molar refractivity (Wildman–Crippen MR) is 121 cm³/mol. The Morgan fingerprint density at radius 3 is 2.26 bits per heavy atom. The lowest BCUT2D eigenvalue weighted by molar-refractivity contribution is -0.136. The summed E-state index contributed by atoms with van der Waals surface area (Å²) >= 11 is 0. The van der Waals surface area contributed by atoms with Gasteiger partial charge in [0.2, 0.25) is 5.91 Å². The Morgan fingerprint density at radius 2 is 1.58 bits per heavy atom. The first-order valence-corrected chi connectivity index (χ1v) is 10.8. The van der Waals surface area contributed by atoms with Gasteiger partial charge in [-0.3, -0.25) is 18.7 Å². The van der Waals surface area contributed by atoms with Crippen molar-refractivity contribution in [2.45, 2.75) is 26.4 Å². The van der Waals surface area contributed by atoms with Crippen LogP contribution >= 0.6 is 0 Å². The van der Waals surface area contributed by atoms with Gasteiger partial charge in [-0.25, -0.2) is 4.79 Å². The molecule has 1 unspecified atom stereocenters. The predicted octanol–water partition coefficient (Wildman–Crippen LogP) is 1.94. The molecule has 0 spiro atoms. The molecule has 1 atom stereocenters. The molecule has 3 aromatic rings. The van der Waals surface area contributed by atoms with Crippen LogP contribution < -0.4 is 11.2 Å². The quantitative estimate of drug-likeness (QED) is 0.633. The summed E-state index contributed by atoms with van der Waals surface area (Å²) in [5.74, 6) is -0.0899. The lowest BCUT2D eigenvalue weighted by atomic mass is 10.1. The van der Waals surface area contributed by atoms with Crippen molar-refractivity contribution in [1.82, 2.24) is 18.9 Å². The van der Waals surface area contributed by atoms with Gasteiger partial charge in [-0.05, 0) is 31.2 Å². The largest absolute Gasteiger partial charge is 0.338 e. The summed E-state index contributed by atoms with van der Waals surface area (Å²) in [4.78, 5) is 44.0. The van der Waals surface area contributed by atoms with Crippen LogP contribution in [0.25, 0.3) is 10.9 Å². The van der Waals surface area contributed by atoms with Crippen LogP contribution in [0.3, 0.4) is 0 Å². The molecule has 4 rings (SSSR count). The fourth-order valence-corrected chi connectivity index (χ4v) is 4.27. The van der Waals surface area contributed by atoms with Gasteiger partial charge in [0.25, 0.3) is 5.56 Å². The number of likely N-dealkylation sites (N-methyl/N-ethyl adjacent to an activating group) is 1. The van der Waals surface area contributed by atoms with Crippen LogP contribution in [0, 0.1) is 0 Å². The molecular weight excluding hydrogens is 392 g/mol. The van der Waals surface area contributed by atoms with E-state index in [4.69, 9.17) is 0 Å². The molecule has 1 aromatic heterocycles. The van der Waals surface area contributed by atoms with Gasteiger partial charge in [-0.15, -0.1) is 0 Å².